The highest BCUT2D eigenvalue weighted by Crippen LogP contribution is 2.22. The van der Waals surface area contributed by atoms with E-state index in [1.54, 1.807) is 0 Å². The van der Waals surface area contributed by atoms with Crippen molar-refractivity contribution in [2.24, 2.45) is 11.7 Å². The first-order chi connectivity index (χ1) is 11.2. The van der Waals surface area contributed by atoms with E-state index in [9.17, 15) is 4.79 Å². The first kappa shape index (κ1) is 15.7. The molecule has 1 fully saturated rings. The molecule has 1 aromatic carbocycles. The maximum absolute atomic E-state index is 12.5. The van der Waals surface area contributed by atoms with Crippen molar-refractivity contribution in [3.05, 3.63) is 66.0 Å². The summed E-state index contributed by atoms with van der Waals surface area (Å²) < 4.78 is 0. The Balaban J connectivity index is 1.53. The van der Waals surface area contributed by atoms with Crippen LogP contribution in [0, 0.1) is 5.92 Å². The summed E-state index contributed by atoms with van der Waals surface area (Å²) in [6.45, 7) is 1.57. The summed E-state index contributed by atoms with van der Waals surface area (Å²) in [6.07, 6.45) is 4.54. The molecule has 1 aliphatic heterocycles. The van der Waals surface area contributed by atoms with Gasteiger partial charge in [0.1, 0.15) is 0 Å². The van der Waals surface area contributed by atoms with Gasteiger partial charge in [-0.3, -0.25) is 9.78 Å². The smallest absolute Gasteiger partial charge is 0.253 e. The van der Waals surface area contributed by atoms with Gasteiger partial charge in [-0.2, -0.15) is 0 Å². The summed E-state index contributed by atoms with van der Waals surface area (Å²) in [4.78, 5) is 18.7. The van der Waals surface area contributed by atoms with Crippen LogP contribution in [0.25, 0.3) is 0 Å². The maximum Gasteiger partial charge on any atom is 0.253 e. The number of hydrogen-bond acceptors (Lipinski definition) is 3. The Kier molecular flexibility index (Phi) is 5.03. The number of nitrogens with zero attached hydrogens (tertiary/aromatic N) is 2. The Hall–Kier alpha value is -2.20. The average molecular weight is 309 g/mol. The van der Waals surface area contributed by atoms with E-state index in [1.165, 1.54) is 0 Å². The number of nitrogens with two attached hydrogens (primary N) is 1. The number of benzene rings is 1. The summed E-state index contributed by atoms with van der Waals surface area (Å²) >= 11 is 0. The molecule has 1 atom stereocenters. The molecular formula is C19H23N3O. The molecule has 1 aliphatic rings. The third kappa shape index (κ3) is 3.96. The van der Waals surface area contributed by atoms with E-state index in [0.717, 1.165) is 43.6 Å². The summed E-state index contributed by atoms with van der Waals surface area (Å²) in [5.74, 6) is 0.583. The van der Waals surface area contributed by atoms with Gasteiger partial charge in [0.25, 0.3) is 5.91 Å². The van der Waals surface area contributed by atoms with Gasteiger partial charge in [0.15, 0.2) is 0 Å². The van der Waals surface area contributed by atoms with Crippen molar-refractivity contribution < 1.29 is 4.79 Å². The van der Waals surface area contributed by atoms with E-state index >= 15 is 0 Å². The second-order valence-corrected chi connectivity index (χ2v) is 6.18. The molecule has 1 aromatic heterocycles. The zero-order valence-corrected chi connectivity index (χ0v) is 13.3. The summed E-state index contributed by atoms with van der Waals surface area (Å²) in [5, 5.41) is 0. The molecule has 1 amide bonds. The number of amides is 1. The monoisotopic (exact) mass is 309 g/mol. The van der Waals surface area contributed by atoms with Crippen LogP contribution in [-0.4, -0.2) is 34.9 Å². The molecule has 1 unspecified atom stereocenters. The highest BCUT2D eigenvalue weighted by Gasteiger charge is 2.27. The van der Waals surface area contributed by atoms with E-state index < -0.39 is 0 Å². The largest absolute Gasteiger partial charge is 0.339 e. The number of pyridine rings is 1. The fourth-order valence-corrected chi connectivity index (χ4v) is 3.22. The summed E-state index contributed by atoms with van der Waals surface area (Å²) in [6, 6.07) is 15.5. The van der Waals surface area contributed by atoms with Gasteiger partial charge in [-0.15, -0.1) is 0 Å². The minimum atomic E-state index is 0.110. The van der Waals surface area contributed by atoms with Gasteiger partial charge < -0.3 is 10.6 Å². The number of hydrogen-bond donors (Lipinski definition) is 1. The van der Waals surface area contributed by atoms with Gasteiger partial charge in [0, 0.05) is 43.0 Å². The van der Waals surface area contributed by atoms with Crippen molar-refractivity contribution in [2.45, 2.75) is 25.3 Å². The molecule has 2 aromatic rings. The normalized spacial score (nSPS) is 17.0. The van der Waals surface area contributed by atoms with Crippen LogP contribution in [0.1, 0.15) is 28.9 Å². The molecule has 4 nitrogen and oxygen atoms in total. The van der Waals surface area contributed by atoms with Crippen molar-refractivity contribution in [3.8, 4) is 0 Å². The Morgan fingerprint density at radius 1 is 1.13 bits per heavy atom. The highest BCUT2D eigenvalue weighted by molar-refractivity contribution is 5.94. The second kappa shape index (κ2) is 7.38. The Morgan fingerprint density at radius 3 is 2.48 bits per heavy atom. The van der Waals surface area contributed by atoms with Crippen LogP contribution >= 0.6 is 0 Å². The third-order valence-electron chi connectivity index (χ3n) is 4.62. The second-order valence-electron chi connectivity index (χ2n) is 6.18. The van der Waals surface area contributed by atoms with E-state index in [-0.39, 0.29) is 11.9 Å². The van der Waals surface area contributed by atoms with Gasteiger partial charge in [-0.25, -0.2) is 0 Å². The predicted molar refractivity (Wildman–Crippen MR) is 91.0 cm³/mol. The number of piperidine rings is 1. The Bertz CT molecular complexity index is 622. The molecule has 0 aliphatic carbocycles. The molecule has 0 spiro atoms. The fourth-order valence-electron chi connectivity index (χ4n) is 3.22. The van der Waals surface area contributed by atoms with Crippen molar-refractivity contribution in [2.75, 3.05) is 13.1 Å². The molecule has 0 radical (unpaired) electrons. The average Bonchev–Trinajstić information content (AvgIpc) is 2.63. The van der Waals surface area contributed by atoms with Gasteiger partial charge in [0.05, 0.1) is 0 Å². The molecule has 1 saturated heterocycles. The quantitative estimate of drug-likeness (QED) is 0.944. The predicted octanol–water partition coefficient (Wildman–Crippen LogP) is 2.50. The maximum atomic E-state index is 12.5. The van der Waals surface area contributed by atoms with Crippen molar-refractivity contribution in [1.29, 1.82) is 0 Å². The van der Waals surface area contributed by atoms with Crippen molar-refractivity contribution >= 4 is 5.91 Å². The van der Waals surface area contributed by atoms with E-state index in [1.807, 2.05) is 59.6 Å². The van der Waals surface area contributed by atoms with Crippen molar-refractivity contribution in [1.82, 2.24) is 9.88 Å². The number of carbonyl (C=O) groups excluding carboxylic acids is 1. The molecule has 23 heavy (non-hydrogen) atoms. The minimum Gasteiger partial charge on any atom is -0.339 e. The lowest BCUT2D eigenvalue weighted by Gasteiger charge is -2.34. The lowest BCUT2D eigenvalue weighted by atomic mass is 9.87. The van der Waals surface area contributed by atoms with Crippen LogP contribution in [-0.2, 0) is 6.42 Å². The zero-order chi connectivity index (χ0) is 16.1. The van der Waals surface area contributed by atoms with Crippen LogP contribution in [0.2, 0.25) is 0 Å². The SMILES string of the molecule is NC(Cc1ccccn1)C1CCN(C(=O)c2ccccc2)CC1. The number of likely N-dealkylation sites (tertiary alicyclic amines) is 1. The van der Waals surface area contributed by atoms with Gasteiger partial charge in [-0.1, -0.05) is 24.3 Å². The lowest BCUT2D eigenvalue weighted by Crippen LogP contribution is -2.44. The fraction of sp³-hybridized carbons (Fsp3) is 0.368. The third-order valence-corrected chi connectivity index (χ3v) is 4.62. The van der Waals surface area contributed by atoms with Gasteiger partial charge in [0.2, 0.25) is 0 Å². The standard InChI is InChI=1S/C19H23N3O/c20-18(14-17-8-4-5-11-21-17)15-9-12-22(13-10-15)19(23)16-6-2-1-3-7-16/h1-8,11,15,18H,9-10,12-14,20H2. The molecule has 0 saturated carbocycles. The van der Waals surface area contributed by atoms with Crippen molar-refractivity contribution in [3.63, 3.8) is 0 Å². The Morgan fingerprint density at radius 2 is 1.83 bits per heavy atom. The molecular weight excluding hydrogens is 286 g/mol. The molecule has 2 heterocycles. The highest BCUT2D eigenvalue weighted by atomic mass is 16.2. The van der Waals surface area contributed by atoms with Gasteiger partial charge in [-0.05, 0) is 43.0 Å². The summed E-state index contributed by atoms with van der Waals surface area (Å²) in [5.41, 5.74) is 8.18. The zero-order valence-electron chi connectivity index (χ0n) is 13.3. The first-order valence-corrected chi connectivity index (χ1v) is 8.24. The van der Waals surface area contributed by atoms with E-state index in [4.69, 9.17) is 5.73 Å². The minimum absolute atomic E-state index is 0.110. The van der Waals surface area contributed by atoms with Crippen LogP contribution in [0.3, 0.4) is 0 Å². The van der Waals surface area contributed by atoms with Crippen LogP contribution in [0.15, 0.2) is 54.7 Å². The van der Waals surface area contributed by atoms with Crippen LogP contribution in [0.5, 0.6) is 0 Å². The van der Waals surface area contributed by atoms with Crippen LogP contribution < -0.4 is 5.73 Å². The van der Waals surface area contributed by atoms with Crippen LogP contribution in [0.4, 0.5) is 0 Å². The van der Waals surface area contributed by atoms with E-state index in [0.29, 0.717) is 5.92 Å². The van der Waals surface area contributed by atoms with E-state index in [2.05, 4.69) is 4.98 Å². The Labute approximate surface area is 137 Å². The summed E-state index contributed by atoms with van der Waals surface area (Å²) in [7, 11) is 0. The molecule has 120 valence electrons. The molecule has 4 heteroatoms. The number of aromatic nitrogens is 1. The number of rotatable bonds is 4. The number of carbonyl (C=O) groups is 1. The lowest BCUT2D eigenvalue weighted by molar-refractivity contribution is 0.0678. The molecule has 0 bridgehead atoms. The topological polar surface area (TPSA) is 59.2 Å². The van der Waals surface area contributed by atoms with Gasteiger partial charge >= 0.3 is 0 Å². The molecule has 3 rings (SSSR count). The molecule has 2 N–H and O–H groups in total. The first-order valence-electron chi connectivity index (χ1n) is 8.24.